The number of nitrogens with zero attached hydrogens (tertiary/aromatic N) is 1. The van der Waals surface area contributed by atoms with Gasteiger partial charge in [-0.1, -0.05) is 46.3 Å². The first-order valence-corrected chi connectivity index (χ1v) is 8.64. The maximum absolute atomic E-state index is 12.5. The summed E-state index contributed by atoms with van der Waals surface area (Å²) in [5.74, 6) is -0.581. The highest BCUT2D eigenvalue weighted by Crippen LogP contribution is 2.31. The molecule has 1 amide bonds. The van der Waals surface area contributed by atoms with E-state index in [1.54, 1.807) is 4.90 Å². The number of anilines is 1. The zero-order valence-corrected chi connectivity index (χ0v) is 15.0. The molecule has 4 nitrogen and oxygen atoms in total. The van der Waals surface area contributed by atoms with E-state index >= 15 is 0 Å². The molecule has 1 atom stereocenters. The monoisotopic (exact) mass is 387 g/mol. The second-order valence-electron chi connectivity index (χ2n) is 5.91. The number of ether oxygens (including phenoxy) is 1. The van der Waals surface area contributed by atoms with E-state index in [4.69, 9.17) is 4.74 Å². The molecule has 2 aromatic rings. The Labute approximate surface area is 149 Å². The summed E-state index contributed by atoms with van der Waals surface area (Å²) in [5, 5.41) is 0. The Morgan fingerprint density at radius 3 is 2.62 bits per heavy atom. The average molecular weight is 388 g/mol. The molecule has 3 rings (SSSR count). The average Bonchev–Trinajstić information content (AvgIpc) is 2.90. The highest BCUT2D eigenvalue weighted by atomic mass is 79.9. The van der Waals surface area contributed by atoms with Crippen LogP contribution in [0.2, 0.25) is 0 Å². The topological polar surface area (TPSA) is 46.6 Å². The van der Waals surface area contributed by atoms with Gasteiger partial charge in [0.1, 0.15) is 0 Å². The lowest BCUT2D eigenvalue weighted by atomic mass is 10.1. The van der Waals surface area contributed by atoms with E-state index in [1.165, 1.54) is 0 Å². The fourth-order valence-electron chi connectivity index (χ4n) is 2.98. The van der Waals surface area contributed by atoms with Gasteiger partial charge in [0.15, 0.2) is 6.61 Å². The first-order chi connectivity index (χ1) is 11.5. The predicted molar refractivity (Wildman–Crippen MR) is 95.9 cm³/mol. The van der Waals surface area contributed by atoms with Crippen LogP contribution in [0.3, 0.4) is 0 Å². The normalized spacial score (nSPS) is 15.9. The zero-order valence-electron chi connectivity index (χ0n) is 13.4. The standard InChI is InChI=1S/C19H18BrNO3/c1-13-10-15-4-2-3-5-17(15)21(13)18(22)12-24-19(23)11-14-6-8-16(20)9-7-14/h2-9,13H,10-12H2,1H3/t13-/m0/s1. The number of para-hydroxylation sites is 1. The number of carbonyl (C=O) groups is 2. The van der Waals surface area contributed by atoms with E-state index in [0.717, 1.165) is 27.7 Å². The summed E-state index contributed by atoms with van der Waals surface area (Å²) < 4.78 is 6.13. The first-order valence-electron chi connectivity index (χ1n) is 7.84. The van der Waals surface area contributed by atoms with Crippen molar-refractivity contribution in [1.29, 1.82) is 0 Å². The summed E-state index contributed by atoms with van der Waals surface area (Å²) in [6.07, 6.45) is 0.988. The molecule has 0 fully saturated rings. The number of amides is 1. The van der Waals surface area contributed by atoms with Gasteiger partial charge >= 0.3 is 5.97 Å². The summed E-state index contributed by atoms with van der Waals surface area (Å²) in [4.78, 5) is 26.1. The fraction of sp³-hybridized carbons (Fsp3) is 0.263. The fourth-order valence-corrected chi connectivity index (χ4v) is 3.24. The van der Waals surface area contributed by atoms with E-state index in [0.29, 0.717) is 0 Å². The summed E-state index contributed by atoms with van der Waals surface area (Å²) in [7, 11) is 0. The van der Waals surface area contributed by atoms with Crippen LogP contribution in [0, 0.1) is 0 Å². The van der Waals surface area contributed by atoms with Crippen LogP contribution < -0.4 is 4.90 Å². The molecule has 0 bridgehead atoms. The predicted octanol–water partition coefficient (Wildman–Crippen LogP) is 3.51. The van der Waals surface area contributed by atoms with Crippen molar-refractivity contribution in [2.75, 3.05) is 11.5 Å². The molecule has 1 aliphatic rings. The van der Waals surface area contributed by atoms with E-state index < -0.39 is 5.97 Å². The van der Waals surface area contributed by atoms with Crippen LogP contribution in [0.15, 0.2) is 53.0 Å². The molecule has 0 unspecified atom stereocenters. The lowest BCUT2D eigenvalue weighted by molar-refractivity contribution is -0.147. The Morgan fingerprint density at radius 1 is 1.17 bits per heavy atom. The lowest BCUT2D eigenvalue weighted by Crippen LogP contribution is -2.38. The molecule has 0 aliphatic carbocycles. The van der Waals surface area contributed by atoms with Gasteiger partial charge in [0.2, 0.25) is 0 Å². The van der Waals surface area contributed by atoms with Gasteiger partial charge in [0.05, 0.1) is 6.42 Å². The van der Waals surface area contributed by atoms with E-state index in [9.17, 15) is 9.59 Å². The quantitative estimate of drug-likeness (QED) is 0.754. The number of fused-ring (bicyclic) bond motifs is 1. The third kappa shape index (κ3) is 3.67. The van der Waals surface area contributed by atoms with E-state index in [-0.39, 0.29) is 25.0 Å². The van der Waals surface area contributed by atoms with Crippen LogP contribution in [-0.4, -0.2) is 24.5 Å². The number of hydrogen-bond acceptors (Lipinski definition) is 3. The van der Waals surface area contributed by atoms with Crippen molar-refractivity contribution >= 4 is 33.5 Å². The minimum atomic E-state index is -0.397. The second-order valence-corrected chi connectivity index (χ2v) is 6.83. The molecule has 24 heavy (non-hydrogen) atoms. The Morgan fingerprint density at radius 2 is 1.88 bits per heavy atom. The molecule has 0 aromatic heterocycles. The van der Waals surface area contributed by atoms with Crippen molar-refractivity contribution < 1.29 is 14.3 Å². The van der Waals surface area contributed by atoms with E-state index in [1.807, 2.05) is 55.5 Å². The Bertz CT molecular complexity index is 757. The molecule has 1 aliphatic heterocycles. The third-order valence-electron chi connectivity index (χ3n) is 4.09. The van der Waals surface area contributed by atoms with E-state index in [2.05, 4.69) is 15.9 Å². The lowest BCUT2D eigenvalue weighted by Gasteiger charge is -2.22. The SMILES string of the molecule is C[C@H]1Cc2ccccc2N1C(=O)COC(=O)Cc1ccc(Br)cc1. The minimum absolute atomic E-state index is 0.0834. The van der Waals surface area contributed by atoms with Gasteiger partial charge in [0.25, 0.3) is 5.91 Å². The summed E-state index contributed by atoms with van der Waals surface area (Å²) in [6.45, 7) is 1.77. The van der Waals surface area contributed by atoms with Crippen molar-refractivity contribution in [1.82, 2.24) is 0 Å². The largest absolute Gasteiger partial charge is 0.455 e. The summed E-state index contributed by atoms with van der Waals surface area (Å²) >= 11 is 3.35. The Hall–Kier alpha value is -2.14. The van der Waals surface area contributed by atoms with Crippen LogP contribution in [0.5, 0.6) is 0 Å². The molecular formula is C19H18BrNO3. The van der Waals surface area contributed by atoms with Crippen LogP contribution >= 0.6 is 15.9 Å². The van der Waals surface area contributed by atoms with Gasteiger partial charge in [-0.05, 0) is 42.7 Å². The molecule has 0 radical (unpaired) electrons. The highest BCUT2D eigenvalue weighted by molar-refractivity contribution is 9.10. The zero-order chi connectivity index (χ0) is 17.1. The number of rotatable bonds is 4. The van der Waals surface area contributed by atoms with Crippen LogP contribution in [-0.2, 0) is 27.2 Å². The molecule has 0 N–H and O–H groups in total. The van der Waals surface area contributed by atoms with Gasteiger partial charge in [0, 0.05) is 16.2 Å². The van der Waals surface area contributed by atoms with Gasteiger partial charge in [-0.2, -0.15) is 0 Å². The van der Waals surface area contributed by atoms with Crippen molar-refractivity contribution in [3.63, 3.8) is 0 Å². The summed E-state index contributed by atoms with van der Waals surface area (Å²) in [5.41, 5.74) is 2.93. The molecule has 2 aromatic carbocycles. The molecule has 124 valence electrons. The van der Waals surface area contributed by atoms with Crippen LogP contribution in [0.1, 0.15) is 18.1 Å². The molecule has 1 heterocycles. The van der Waals surface area contributed by atoms with Gasteiger partial charge in [-0.25, -0.2) is 0 Å². The molecule has 5 heteroatoms. The number of hydrogen-bond donors (Lipinski definition) is 0. The number of halogens is 1. The summed E-state index contributed by atoms with van der Waals surface area (Å²) in [6, 6.07) is 15.4. The molecule has 0 saturated heterocycles. The number of esters is 1. The molecule has 0 spiro atoms. The maximum atomic E-state index is 12.5. The molecular weight excluding hydrogens is 370 g/mol. The second kappa shape index (κ2) is 7.18. The van der Waals surface area contributed by atoms with Crippen LogP contribution in [0.4, 0.5) is 5.69 Å². The van der Waals surface area contributed by atoms with Crippen molar-refractivity contribution in [2.45, 2.75) is 25.8 Å². The van der Waals surface area contributed by atoms with Gasteiger partial charge in [-0.3, -0.25) is 9.59 Å². The maximum Gasteiger partial charge on any atom is 0.310 e. The third-order valence-corrected chi connectivity index (χ3v) is 4.62. The first kappa shape index (κ1) is 16.7. The van der Waals surface area contributed by atoms with Crippen molar-refractivity contribution in [3.8, 4) is 0 Å². The minimum Gasteiger partial charge on any atom is -0.455 e. The van der Waals surface area contributed by atoms with Gasteiger partial charge in [-0.15, -0.1) is 0 Å². The van der Waals surface area contributed by atoms with Crippen molar-refractivity contribution in [2.24, 2.45) is 0 Å². The Balaban J connectivity index is 1.57. The number of benzene rings is 2. The number of carbonyl (C=O) groups excluding carboxylic acids is 2. The van der Waals surface area contributed by atoms with Crippen molar-refractivity contribution in [3.05, 3.63) is 64.1 Å². The van der Waals surface area contributed by atoms with Crippen LogP contribution in [0.25, 0.3) is 0 Å². The van der Waals surface area contributed by atoms with Gasteiger partial charge < -0.3 is 9.64 Å². The smallest absolute Gasteiger partial charge is 0.310 e. The highest BCUT2D eigenvalue weighted by Gasteiger charge is 2.30. The molecule has 0 saturated carbocycles. The Kier molecular flexibility index (Phi) is 5.00.